The lowest BCUT2D eigenvalue weighted by atomic mass is 10.2. The Bertz CT molecular complexity index is 1120. The van der Waals surface area contributed by atoms with Gasteiger partial charge in [0.1, 0.15) is 0 Å². The molecule has 0 aliphatic heterocycles. The number of thiazole rings is 1. The quantitative estimate of drug-likeness (QED) is 0.504. The van der Waals surface area contributed by atoms with E-state index < -0.39 is 0 Å². The smallest absolute Gasteiger partial charge is 0.278 e. The number of benzene rings is 2. The molecule has 9 heteroatoms. The average molecular weight is 395 g/mol. The fourth-order valence-corrected chi connectivity index (χ4v) is 3.87. The molecule has 0 aliphatic rings. The highest BCUT2D eigenvalue weighted by Crippen LogP contribution is 2.25. The zero-order valence-electron chi connectivity index (χ0n) is 13.9. The molecule has 2 aromatic heterocycles. The summed E-state index contributed by atoms with van der Waals surface area (Å²) < 4.78 is 1.01. The van der Waals surface area contributed by atoms with Crippen molar-refractivity contribution in [1.82, 2.24) is 20.2 Å². The molecule has 0 aliphatic carbocycles. The van der Waals surface area contributed by atoms with E-state index in [1.807, 2.05) is 42.5 Å². The van der Waals surface area contributed by atoms with Gasteiger partial charge in [-0.25, -0.2) is 4.98 Å². The summed E-state index contributed by atoms with van der Waals surface area (Å²) in [6.07, 6.45) is 0. The summed E-state index contributed by atoms with van der Waals surface area (Å²) >= 11 is 2.52. The zero-order valence-corrected chi connectivity index (χ0v) is 15.5. The molecule has 1 amide bonds. The number of rotatable bonds is 5. The first kappa shape index (κ1) is 17.4. The first-order chi connectivity index (χ1) is 13.2. The Morgan fingerprint density at radius 2 is 1.85 bits per heavy atom. The largest absolute Gasteiger partial charge is 0.301 e. The molecule has 4 aromatic rings. The fraction of sp³-hybridized carbons (Fsp3) is 0.0556. The molecule has 0 atom stereocenters. The molecule has 0 spiro atoms. The fourth-order valence-electron chi connectivity index (χ4n) is 2.39. The number of hydrogen-bond acceptors (Lipinski definition) is 7. The van der Waals surface area contributed by atoms with Crippen LogP contribution in [0.2, 0.25) is 0 Å². The predicted molar refractivity (Wildman–Crippen MR) is 107 cm³/mol. The van der Waals surface area contributed by atoms with E-state index in [0.717, 1.165) is 22.0 Å². The number of nitrogens with zero attached hydrogens (tertiary/aromatic N) is 3. The molecule has 2 aromatic carbocycles. The van der Waals surface area contributed by atoms with Crippen LogP contribution in [0, 0.1) is 0 Å². The Balaban J connectivity index is 1.40. The van der Waals surface area contributed by atoms with Crippen LogP contribution < -0.4 is 10.9 Å². The molecular formula is C18H13N5O2S2. The molecule has 0 bridgehead atoms. The van der Waals surface area contributed by atoms with Crippen molar-refractivity contribution in [2.24, 2.45) is 0 Å². The number of H-pyrrole nitrogens is 1. The van der Waals surface area contributed by atoms with E-state index in [-0.39, 0.29) is 22.9 Å². The minimum Gasteiger partial charge on any atom is -0.301 e. The molecule has 0 saturated heterocycles. The van der Waals surface area contributed by atoms with Crippen molar-refractivity contribution < 1.29 is 4.79 Å². The van der Waals surface area contributed by atoms with Crippen LogP contribution in [-0.2, 0) is 4.79 Å². The molecule has 0 fully saturated rings. The number of carbonyl (C=O) groups is 1. The van der Waals surface area contributed by atoms with Gasteiger partial charge in [-0.1, -0.05) is 65.6 Å². The minimum absolute atomic E-state index is 0.0885. The second kappa shape index (κ2) is 7.68. The summed E-state index contributed by atoms with van der Waals surface area (Å²) in [6, 6.07) is 16.8. The molecule has 4 rings (SSSR count). The number of fused-ring (bicyclic) bond motifs is 1. The van der Waals surface area contributed by atoms with E-state index in [9.17, 15) is 9.59 Å². The molecule has 0 saturated carbocycles. The van der Waals surface area contributed by atoms with Crippen molar-refractivity contribution in [3.05, 3.63) is 65.0 Å². The number of para-hydroxylation sites is 1. The number of aromatic nitrogens is 4. The van der Waals surface area contributed by atoms with E-state index >= 15 is 0 Å². The van der Waals surface area contributed by atoms with Gasteiger partial charge in [0.2, 0.25) is 5.91 Å². The van der Waals surface area contributed by atoms with Crippen molar-refractivity contribution in [3.8, 4) is 11.3 Å². The normalized spacial score (nSPS) is 10.8. The summed E-state index contributed by atoms with van der Waals surface area (Å²) in [4.78, 5) is 31.3. The molecular weight excluding hydrogens is 382 g/mol. The van der Waals surface area contributed by atoms with Crippen LogP contribution in [0.1, 0.15) is 0 Å². The van der Waals surface area contributed by atoms with E-state index in [4.69, 9.17) is 0 Å². The lowest BCUT2D eigenvalue weighted by Gasteiger charge is -2.02. The monoisotopic (exact) mass is 395 g/mol. The summed E-state index contributed by atoms with van der Waals surface area (Å²) in [7, 11) is 0. The van der Waals surface area contributed by atoms with Gasteiger partial charge in [-0.3, -0.25) is 14.6 Å². The predicted octanol–water partition coefficient (Wildman–Crippen LogP) is 3.17. The first-order valence-corrected chi connectivity index (χ1v) is 9.80. The maximum Gasteiger partial charge on any atom is 0.278 e. The maximum absolute atomic E-state index is 12.2. The summed E-state index contributed by atoms with van der Waals surface area (Å²) in [5, 5.41) is 11.6. The molecule has 0 unspecified atom stereocenters. The van der Waals surface area contributed by atoms with Crippen molar-refractivity contribution >= 4 is 44.4 Å². The van der Waals surface area contributed by atoms with E-state index in [0.29, 0.717) is 15.9 Å². The van der Waals surface area contributed by atoms with Crippen LogP contribution >= 0.6 is 23.1 Å². The van der Waals surface area contributed by atoms with Gasteiger partial charge in [-0.2, -0.15) is 0 Å². The highest BCUT2D eigenvalue weighted by atomic mass is 32.2. The Kier molecular flexibility index (Phi) is 4.95. The Morgan fingerprint density at radius 3 is 2.63 bits per heavy atom. The van der Waals surface area contributed by atoms with Gasteiger partial charge >= 0.3 is 0 Å². The van der Waals surface area contributed by atoms with Gasteiger partial charge in [0.25, 0.3) is 5.56 Å². The third kappa shape index (κ3) is 4.04. The number of aromatic amines is 1. The molecule has 7 nitrogen and oxygen atoms in total. The SMILES string of the molecule is O=C(CSc1nnc(-c2ccccc2)c(=O)[nH]1)Nc1nc2ccccc2s1. The van der Waals surface area contributed by atoms with Crippen LogP contribution in [0.15, 0.2) is 64.5 Å². The van der Waals surface area contributed by atoms with Crippen molar-refractivity contribution in [3.63, 3.8) is 0 Å². The van der Waals surface area contributed by atoms with Gasteiger partial charge in [-0.15, -0.1) is 10.2 Å². The lowest BCUT2D eigenvalue weighted by molar-refractivity contribution is -0.113. The van der Waals surface area contributed by atoms with Crippen molar-refractivity contribution in [1.29, 1.82) is 0 Å². The maximum atomic E-state index is 12.2. The van der Waals surface area contributed by atoms with Gasteiger partial charge in [0.05, 0.1) is 16.0 Å². The van der Waals surface area contributed by atoms with E-state index in [1.165, 1.54) is 11.3 Å². The number of anilines is 1. The average Bonchev–Trinajstić information content (AvgIpc) is 3.09. The van der Waals surface area contributed by atoms with Crippen LogP contribution in [0.5, 0.6) is 0 Å². The molecule has 2 N–H and O–H groups in total. The second-order valence-corrected chi connectivity index (χ2v) is 7.49. The van der Waals surface area contributed by atoms with Gasteiger partial charge in [-0.05, 0) is 12.1 Å². The summed E-state index contributed by atoms with van der Waals surface area (Å²) in [5.41, 5.74) is 1.44. The first-order valence-electron chi connectivity index (χ1n) is 8.00. The summed E-state index contributed by atoms with van der Waals surface area (Å²) in [6.45, 7) is 0. The summed E-state index contributed by atoms with van der Waals surface area (Å²) in [5.74, 6) is -0.139. The number of nitrogens with one attached hydrogen (secondary N) is 2. The number of hydrogen-bond donors (Lipinski definition) is 2. The highest BCUT2D eigenvalue weighted by Gasteiger charge is 2.11. The topological polar surface area (TPSA) is 101 Å². The Hall–Kier alpha value is -3.04. The zero-order chi connectivity index (χ0) is 18.6. The second-order valence-electron chi connectivity index (χ2n) is 5.50. The molecule has 134 valence electrons. The molecule has 0 radical (unpaired) electrons. The third-order valence-corrected chi connectivity index (χ3v) is 5.42. The lowest BCUT2D eigenvalue weighted by Crippen LogP contribution is -2.17. The van der Waals surface area contributed by atoms with Crippen LogP contribution in [0.4, 0.5) is 5.13 Å². The van der Waals surface area contributed by atoms with Crippen LogP contribution in [0.3, 0.4) is 0 Å². The molecule has 27 heavy (non-hydrogen) atoms. The highest BCUT2D eigenvalue weighted by molar-refractivity contribution is 7.99. The Labute approximate surface area is 161 Å². The number of amides is 1. The van der Waals surface area contributed by atoms with Crippen molar-refractivity contribution in [2.75, 3.05) is 11.1 Å². The molecule has 2 heterocycles. The number of carbonyl (C=O) groups excluding carboxylic acids is 1. The van der Waals surface area contributed by atoms with E-state index in [2.05, 4.69) is 25.5 Å². The van der Waals surface area contributed by atoms with Crippen LogP contribution in [-0.4, -0.2) is 31.8 Å². The van der Waals surface area contributed by atoms with Crippen LogP contribution in [0.25, 0.3) is 21.5 Å². The van der Waals surface area contributed by atoms with Gasteiger partial charge < -0.3 is 5.32 Å². The van der Waals surface area contributed by atoms with Gasteiger partial charge in [0, 0.05) is 5.56 Å². The van der Waals surface area contributed by atoms with E-state index in [1.54, 1.807) is 12.1 Å². The van der Waals surface area contributed by atoms with Crippen molar-refractivity contribution in [2.45, 2.75) is 5.16 Å². The van der Waals surface area contributed by atoms with Gasteiger partial charge in [0.15, 0.2) is 16.0 Å². The standard InChI is InChI=1S/C18H13N5O2S2/c24-14(20-17-19-12-8-4-5-9-13(12)27-17)10-26-18-21-16(25)15(22-23-18)11-6-2-1-3-7-11/h1-9H,10H2,(H,19,20,24)(H,21,23,25). The minimum atomic E-state index is -0.342. The number of thioether (sulfide) groups is 1. The Morgan fingerprint density at radius 1 is 1.07 bits per heavy atom. The third-order valence-electron chi connectivity index (χ3n) is 3.60.